The summed E-state index contributed by atoms with van der Waals surface area (Å²) in [4.78, 5) is 37.8. The molecule has 0 saturated heterocycles. The molecule has 23 heavy (non-hydrogen) atoms. The number of carboxylic acid groups (broad SMARTS) is 1. The SMILES string of the molecule is O=C(O)N1CC(=O)N2C[C@@H](COCS(=O)[O-])n3c2c1ccc3=O. The maximum atomic E-state index is 12.1. The van der Waals surface area contributed by atoms with Crippen molar-refractivity contribution in [1.29, 1.82) is 0 Å². The molecule has 0 radical (unpaired) electrons. The Morgan fingerprint density at radius 3 is 2.83 bits per heavy atom. The van der Waals surface area contributed by atoms with E-state index < -0.39 is 40.6 Å². The van der Waals surface area contributed by atoms with Gasteiger partial charge in [-0.25, -0.2) is 4.79 Å². The van der Waals surface area contributed by atoms with E-state index in [-0.39, 0.29) is 31.2 Å². The van der Waals surface area contributed by atoms with Crippen LogP contribution in [-0.2, 0) is 20.6 Å². The Bertz CT molecular complexity index is 762. The van der Waals surface area contributed by atoms with Gasteiger partial charge in [-0.05, 0) is 17.1 Å². The molecule has 1 N–H and O–H groups in total. The van der Waals surface area contributed by atoms with Crippen molar-refractivity contribution in [2.75, 3.05) is 35.4 Å². The van der Waals surface area contributed by atoms with Crippen LogP contribution >= 0.6 is 0 Å². The van der Waals surface area contributed by atoms with Crippen LogP contribution < -0.4 is 15.4 Å². The molecule has 3 heterocycles. The minimum absolute atomic E-state index is 0.0822. The average molecular weight is 342 g/mol. The Balaban J connectivity index is 2.00. The third-order valence-electron chi connectivity index (χ3n) is 3.70. The summed E-state index contributed by atoms with van der Waals surface area (Å²) in [5, 5.41) is 9.21. The number of pyridine rings is 1. The van der Waals surface area contributed by atoms with Gasteiger partial charge in [-0.3, -0.25) is 28.2 Å². The molecule has 0 spiro atoms. The number of anilines is 2. The fourth-order valence-corrected chi connectivity index (χ4v) is 3.05. The van der Waals surface area contributed by atoms with Crippen LogP contribution in [0.25, 0.3) is 0 Å². The summed E-state index contributed by atoms with van der Waals surface area (Å²) in [5.41, 5.74) is -0.172. The molecule has 0 fully saturated rings. The molecule has 3 rings (SSSR count). The first-order chi connectivity index (χ1) is 10.9. The maximum absolute atomic E-state index is 12.1. The lowest BCUT2D eigenvalue weighted by atomic mass is 10.2. The molecule has 10 nitrogen and oxygen atoms in total. The van der Waals surface area contributed by atoms with Gasteiger partial charge in [-0.15, -0.1) is 0 Å². The fourth-order valence-electron chi connectivity index (χ4n) is 2.82. The quantitative estimate of drug-likeness (QED) is 0.700. The van der Waals surface area contributed by atoms with Gasteiger partial charge < -0.3 is 14.4 Å². The van der Waals surface area contributed by atoms with Crippen LogP contribution in [0.1, 0.15) is 6.04 Å². The van der Waals surface area contributed by atoms with Crippen LogP contribution in [0.3, 0.4) is 0 Å². The van der Waals surface area contributed by atoms with Gasteiger partial charge in [0.1, 0.15) is 18.3 Å². The van der Waals surface area contributed by atoms with E-state index in [0.29, 0.717) is 0 Å². The van der Waals surface area contributed by atoms with E-state index in [1.165, 1.54) is 21.6 Å². The molecule has 1 aromatic heterocycles. The third kappa shape index (κ3) is 2.62. The lowest BCUT2D eigenvalue weighted by Gasteiger charge is -2.31. The smallest absolute Gasteiger partial charge is 0.412 e. The number of ether oxygens (including phenoxy) is 1. The molecule has 1 unspecified atom stereocenters. The molecular weight excluding hydrogens is 330 g/mol. The second kappa shape index (κ2) is 5.76. The van der Waals surface area contributed by atoms with Crippen molar-refractivity contribution >= 4 is 34.6 Å². The Morgan fingerprint density at radius 1 is 1.43 bits per heavy atom. The number of rotatable bonds is 4. The molecule has 0 aliphatic carbocycles. The van der Waals surface area contributed by atoms with Gasteiger partial charge in [0.25, 0.3) is 5.56 Å². The number of amides is 2. The zero-order valence-electron chi connectivity index (χ0n) is 11.7. The molecule has 1 aromatic rings. The van der Waals surface area contributed by atoms with Crippen LogP contribution in [0, 0.1) is 0 Å². The second-order valence-electron chi connectivity index (χ2n) is 5.07. The highest BCUT2D eigenvalue weighted by Gasteiger charge is 2.41. The molecule has 11 heteroatoms. The summed E-state index contributed by atoms with van der Waals surface area (Å²) in [7, 11) is 0. The summed E-state index contributed by atoms with van der Waals surface area (Å²) >= 11 is -2.38. The fraction of sp³-hybridized carbons (Fsp3) is 0.417. The second-order valence-corrected chi connectivity index (χ2v) is 5.91. The molecular formula is C12H12N3O7S-. The van der Waals surface area contributed by atoms with Crippen molar-refractivity contribution in [3.8, 4) is 0 Å². The molecule has 2 atom stereocenters. The van der Waals surface area contributed by atoms with E-state index in [2.05, 4.69) is 0 Å². The van der Waals surface area contributed by atoms with Gasteiger partial charge in [0, 0.05) is 6.07 Å². The molecule has 2 amide bonds. The number of hydrogen-bond acceptors (Lipinski definition) is 6. The number of hydrogen-bond donors (Lipinski definition) is 1. The normalized spacial score (nSPS) is 20.6. The van der Waals surface area contributed by atoms with Crippen molar-refractivity contribution in [3.05, 3.63) is 22.5 Å². The zero-order valence-corrected chi connectivity index (χ0v) is 12.5. The van der Waals surface area contributed by atoms with Gasteiger partial charge in [-0.2, -0.15) is 0 Å². The lowest BCUT2D eigenvalue weighted by Crippen LogP contribution is -2.47. The molecule has 0 saturated carbocycles. The van der Waals surface area contributed by atoms with Gasteiger partial charge in [0.15, 0.2) is 0 Å². The maximum Gasteiger partial charge on any atom is 0.412 e. The average Bonchev–Trinajstić information content (AvgIpc) is 2.86. The lowest BCUT2D eigenvalue weighted by molar-refractivity contribution is -0.117. The monoisotopic (exact) mass is 342 g/mol. The minimum Gasteiger partial charge on any atom is -0.771 e. The van der Waals surface area contributed by atoms with E-state index >= 15 is 0 Å². The van der Waals surface area contributed by atoms with E-state index in [9.17, 15) is 28.3 Å². The number of carbonyl (C=O) groups is 2. The molecule has 2 aliphatic heterocycles. The highest BCUT2D eigenvalue weighted by Crippen LogP contribution is 2.39. The van der Waals surface area contributed by atoms with E-state index in [1.807, 2.05) is 0 Å². The molecule has 0 aromatic carbocycles. The summed E-state index contributed by atoms with van der Waals surface area (Å²) in [6, 6.07) is 2.00. The predicted octanol–water partition coefficient (Wildman–Crippen LogP) is -0.913. The highest BCUT2D eigenvalue weighted by atomic mass is 32.2. The van der Waals surface area contributed by atoms with Gasteiger partial charge in [-0.1, -0.05) is 0 Å². The number of carbonyl (C=O) groups excluding carboxylic acids is 1. The first-order valence-corrected chi connectivity index (χ1v) is 7.84. The van der Waals surface area contributed by atoms with Crippen LogP contribution in [0.2, 0.25) is 0 Å². The molecule has 0 bridgehead atoms. The minimum atomic E-state index is -2.38. The Hall–Kier alpha value is -2.24. The van der Waals surface area contributed by atoms with Crippen molar-refractivity contribution in [2.45, 2.75) is 6.04 Å². The van der Waals surface area contributed by atoms with Gasteiger partial charge in [0.2, 0.25) is 5.91 Å². The standard InChI is InChI=1S/C12H13N3O7S/c16-9-2-1-8-11-14(10(17)4-13(8)12(18)19)3-7(15(9)11)5-22-6-23(20)21/h1-2,7H,3-6H2,(H,18,19)(H,20,21)/p-1/t7-/m0/s1. The first kappa shape index (κ1) is 15.6. The topological polar surface area (TPSA) is 132 Å². The summed E-state index contributed by atoms with van der Waals surface area (Å²) in [6.07, 6.45) is -1.29. The van der Waals surface area contributed by atoms with Crippen molar-refractivity contribution in [1.82, 2.24) is 4.57 Å². The van der Waals surface area contributed by atoms with Crippen molar-refractivity contribution in [3.63, 3.8) is 0 Å². The van der Waals surface area contributed by atoms with E-state index in [0.717, 1.165) is 4.90 Å². The van der Waals surface area contributed by atoms with Crippen LogP contribution in [0.15, 0.2) is 16.9 Å². The van der Waals surface area contributed by atoms with Gasteiger partial charge in [0.05, 0.1) is 24.9 Å². The Morgan fingerprint density at radius 2 is 2.17 bits per heavy atom. The van der Waals surface area contributed by atoms with Crippen LogP contribution in [-0.4, -0.2) is 56.1 Å². The predicted molar refractivity (Wildman–Crippen MR) is 77.2 cm³/mol. The number of aromatic nitrogens is 1. The van der Waals surface area contributed by atoms with Crippen LogP contribution in [0.4, 0.5) is 16.3 Å². The first-order valence-electron chi connectivity index (χ1n) is 6.60. The van der Waals surface area contributed by atoms with Gasteiger partial charge >= 0.3 is 6.09 Å². The zero-order chi connectivity index (χ0) is 16.7. The molecule has 2 aliphatic rings. The largest absolute Gasteiger partial charge is 0.771 e. The summed E-state index contributed by atoms with van der Waals surface area (Å²) in [6.45, 7) is -0.288. The Kier molecular flexibility index (Phi) is 3.92. The van der Waals surface area contributed by atoms with Crippen molar-refractivity contribution in [2.24, 2.45) is 0 Å². The number of nitrogens with zero attached hydrogens (tertiary/aromatic N) is 3. The van der Waals surface area contributed by atoms with E-state index in [4.69, 9.17) is 4.74 Å². The highest BCUT2D eigenvalue weighted by molar-refractivity contribution is 7.78. The van der Waals surface area contributed by atoms with Crippen molar-refractivity contribution < 1.29 is 28.2 Å². The summed E-state index contributed by atoms with van der Waals surface area (Å²) in [5.74, 6) is -0.766. The Labute approximate surface area is 132 Å². The molecule has 124 valence electrons. The van der Waals surface area contributed by atoms with Crippen LogP contribution in [0.5, 0.6) is 0 Å². The van der Waals surface area contributed by atoms with E-state index in [1.54, 1.807) is 0 Å². The summed E-state index contributed by atoms with van der Waals surface area (Å²) < 4.78 is 27.3. The third-order valence-corrected chi connectivity index (χ3v) is 4.06.